The molecule has 0 aliphatic heterocycles. The van der Waals surface area contributed by atoms with Crippen LogP contribution in [0.5, 0.6) is 0 Å². The third-order valence-electron chi connectivity index (χ3n) is 1.02. The molecule has 0 rings (SSSR count). The van der Waals surface area contributed by atoms with Gasteiger partial charge in [-0.05, 0) is 13.0 Å². The molecule has 72 valence electrons. The van der Waals surface area contributed by atoms with Crippen LogP contribution in [-0.2, 0) is 14.9 Å². The molecule has 6 heteroatoms. The van der Waals surface area contributed by atoms with E-state index in [1.165, 1.54) is 6.92 Å². The molecular formula is C6H12O5S. The molecule has 2 unspecified atom stereocenters. The summed E-state index contributed by atoms with van der Waals surface area (Å²) in [5.74, 6) is -0.544. The van der Waals surface area contributed by atoms with Gasteiger partial charge in [-0.1, -0.05) is 6.58 Å². The summed E-state index contributed by atoms with van der Waals surface area (Å²) in [7, 11) is -4.05. The number of ether oxygens (including phenoxy) is 1. The van der Waals surface area contributed by atoms with E-state index >= 15 is 0 Å². The lowest BCUT2D eigenvalue weighted by Gasteiger charge is -2.13. The maximum absolute atomic E-state index is 10.3. The van der Waals surface area contributed by atoms with E-state index in [9.17, 15) is 8.42 Å². The van der Waals surface area contributed by atoms with Crippen LogP contribution in [0.15, 0.2) is 12.7 Å². The average molecular weight is 196 g/mol. The van der Waals surface area contributed by atoms with Crippen LogP contribution in [-0.4, -0.2) is 36.2 Å². The van der Waals surface area contributed by atoms with Gasteiger partial charge in [-0.25, -0.2) is 0 Å². The van der Waals surface area contributed by atoms with E-state index in [2.05, 4.69) is 11.3 Å². The molecule has 0 amide bonds. The van der Waals surface area contributed by atoms with Gasteiger partial charge in [-0.3, -0.25) is 4.55 Å². The minimum absolute atomic E-state index is 0.544. The minimum atomic E-state index is -4.05. The fourth-order valence-electron chi connectivity index (χ4n) is 0.629. The molecule has 12 heavy (non-hydrogen) atoms. The fraction of sp³-hybridized carbons (Fsp3) is 0.667. The van der Waals surface area contributed by atoms with Gasteiger partial charge in [0.15, 0.2) is 6.29 Å². The highest BCUT2D eigenvalue weighted by Crippen LogP contribution is 1.99. The van der Waals surface area contributed by atoms with E-state index in [-0.39, 0.29) is 0 Å². The van der Waals surface area contributed by atoms with Crippen molar-refractivity contribution in [1.82, 2.24) is 0 Å². The van der Waals surface area contributed by atoms with Crippen molar-refractivity contribution in [2.75, 3.05) is 5.75 Å². The summed E-state index contributed by atoms with van der Waals surface area (Å²) in [6.07, 6.45) is -0.865. The van der Waals surface area contributed by atoms with Crippen molar-refractivity contribution in [2.45, 2.75) is 19.3 Å². The van der Waals surface area contributed by atoms with Gasteiger partial charge in [0.2, 0.25) is 0 Å². The Morgan fingerprint density at radius 2 is 2.17 bits per heavy atom. The summed E-state index contributed by atoms with van der Waals surface area (Å²) in [6, 6.07) is 0. The number of rotatable bonds is 5. The predicted octanol–water partition coefficient (Wildman–Crippen LogP) is -0.216. The zero-order valence-corrected chi connectivity index (χ0v) is 7.49. The first-order valence-electron chi connectivity index (χ1n) is 3.26. The molecule has 2 atom stereocenters. The molecule has 5 nitrogen and oxygen atoms in total. The highest BCUT2D eigenvalue weighted by atomic mass is 32.2. The van der Waals surface area contributed by atoms with Gasteiger partial charge in [-0.15, -0.1) is 0 Å². The molecule has 0 aromatic heterocycles. The van der Waals surface area contributed by atoms with E-state index < -0.39 is 28.3 Å². The molecule has 0 bridgehead atoms. The molecule has 0 aromatic carbocycles. The van der Waals surface area contributed by atoms with Gasteiger partial charge in [0.05, 0.1) is 6.10 Å². The van der Waals surface area contributed by atoms with Crippen molar-refractivity contribution in [1.29, 1.82) is 0 Å². The van der Waals surface area contributed by atoms with Crippen molar-refractivity contribution in [3.8, 4) is 0 Å². The zero-order valence-electron chi connectivity index (χ0n) is 6.67. The summed E-state index contributed by atoms with van der Waals surface area (Å²) >= 11 is 0. The maximum Gasteiger partial charge on any atom is 0.267 e. The third-order valence-corrected chi connectivity index (χ3v) is 1.91. The lowest BCUT2D eigenvalue weighted by molar-refractivity contribution is -0.0913. The highest BCUT2D eigenvalue weighted by molar-refractivity contribution is 7.85. The average Bonchev–Trinajstić information content (AvgIpc) is 1.82. The van der Waals surface area contributed by atoms with Gasteiger partial charge in [-0.2, -0.15) is 8.42 Å². The van der Waals surface area contributed by atoms with Gasteiger partial charge < -0.3 is 9.84 Å². The Bertz CT molecular complexity index is 232. The Hall–Kier alpha value is -0.430. The normalized spacial score (nSPS) is 16.9. The quantitative estimate of drug-likeness (QED) is 0.361. The maximum atomic E-state index is 10.3. The molecule has 0 heterocycles. The molecule has 0 aliphatic carbocycles. The standard InChI is InChI=1S/C6H12O5S/c1-3-6(7)11-5(2)4-12(8,9)10/h3,5-7H,1,4H2,2H3,(H,8,9,10). The number of aliphatic hydroxyl groups is 1. The molecule has 0 saturated carbocycles. The van der Waals surface area contributed by atoms with Gasteiger partial charge in [0.1, 0.15) is 5.75 Å². The van der Waals surface area contributed by atoms with Crippen molar-refractivity contribution >= 4 is 10.1 Å². The van der Waals surface area contributed by atoms with Crippen LogP contribution in [0.25, 0.3) is 0 Å². The topological polar surface area (TPSA) is 83.8 Å². The van der Waals surface area contributed by atoms with Crippen LogP contribution in [0.4, 0.5) is 0 Å². The number of hydrogen-bond donors (Lipinski definition) is 2. The fourth-order valence-corrected chi connectivity index (χ4v) is 1.30. The number of hydrogen-bond acceptors (Lipinski definition) is 4. The Morgan fingerprint density at radius 1 is 1.67 bits per heavy atom. The Balaban J connectivity index is 3.90. The van der Waals surface area contributed by atoms with Crippen LogP contribution in [0, 0.1) is 0 Å². The molecule has 0 radical (unpaired) electrons. The Morgan fingerprint density at radius 3 is 2.50 bits per heavy atom. The van der Waals surface area contributed by atoms with Gasteiger partial charge in [0.25, 0.3) is 10.1 Å². The minimum Gasteiger partial charge on any atom is -0.365 e. The van der Waals surface area contributed by atoms with Crippen molar-refractivity contribution in [2.24, 2.45) is 0 Å². The largest absolute Gasteiger partial charge is 0.365 e. The first-order chi connectivity index (χ1) is 5.35. The third kappa shape index (κ3) is 6.29. The first-order valence-corrected chi connectivity index (χ1v) is 4.87. The van der Waals surface area contributed by atoms with Crippen LogP contribution in [0.1, 0.15) is 6.92 Å². The van der Waals surface area contributed by atoms with Crippen molar-refractivity contribution in [3.05, 3.63) is 12.7 Å². The smallest absolute Gasteiger partial charge is 0.267 e. The molecule has 0 aromatic rings. The first kappa shape index (κ1) is 11.6. The SMILES string of the molecule is C=CC(O)OC(C)CS(=O)(=O)O. The molecular weight excluding hydrogens is 184 g/mol. The summed E-state index contributed by atoms with van der Waals surface area (Å²) in [6.45, 7) is 4.64. The molecule has 0 fully saturated rings. The monoisotopic (exact) mass is 196 g/mol. The van der Waals surface area contributed by atoms with E-state index in [0.29, 0.717) is 0 Å². The lowest BCUT2D eigenvalue weighted by atomic mass is 10.4. The van der Waals surface area contributed by atoms with E-state index in [1.807, 2.05) is 0 Å². The Kier molecular flexibility index (Phi) is 4.40. The highest BCUT2D eigenvalue weighted by Gasteiger charge is 2.14. The predicted molar refractivity (Wildman–Crippen MR) is 43.2 cm³/mol. The zero-order chi connectivity index (χ0) is 9.78. The van der Waals surface area contributed by atoms with Crippen LogP contribution < -0.4 is 0 Å². The lowest BCUT2D eigenvalue weighted by Crippen LogP contribution is -2.25. The number of aliphatic hydroxyl groups excluding tert-OH is 1. The van der Waals surface area contributed by atoms with Crippen molar-refractivity contribution in [3.63, 3.8) is 0 Å². The second-order valence-electron chi connectivity index (χ2n) is 2.32. The second-order valence-corrected chi connectivity index (χ2v) is 3.82. The van der Waals surface area contributed by atoms with Gasteiger partial charge in [0, 0.05) is 0 Å². The van der Waals surface area contributed by atoms with Crippen LogP contribution in [0.3, 0.4) is 0 Å². The second kappa shape index (κ2) is 4.56. The summed E-state index contributed by atoms with van der Waals surface area (Å²) in [5.41, 5.74) is 0. The van der Waals surface area contributed by atoms with E-state index in [0.717, 1.165) is 6.08 Å². The molecule has 2 N–H and O–H groups in total. The summed E-state index contributed by atoms with van der Waals surface area (Å²) in [4.78, 5) is 0. The van der Waals surface area contributed by atoms with Crippen LogP contribution in [0.2, 0.25) is 0 Å². The van der Waals surface area contributed by atoms with E-state index in [4.69, 9.17) is 9.66 Å². The van der Waals surface area contributed by atoms with E-state index in [1.54, 1.807) is 0 Å². The van der Waals surface area contributed by atoms with Crippen LogP contribution >= 0.6 is 0 Å². The molecule has 0 spiro atoms. The van der Waals surface area contributed by atoms with Crippen molar-refractivity contribution < 1.29 is 22.8 Å². The van der Waals surface area contributed by atoms with Gasteiger partial charge >= 0.3 is 0 Å². The Labute approximate surface area is 71.4 Å². The summed E-state index contributed by atoms with van der Waals surface area (Å²) in [5, 5.41) is 8.81. The summed E-state index contributed by atoms with van der Waals surface area (Å²) < 4.78 is 33.6. The molecule has 0 saturated heterocycles. The molecule has 0 aliphatic rings.